The zero-order valence-electron chi connectivity index (χ0n) is 13.3. The average Bonchev–Trinajstić information content (AvgIpc) is 2.26. The third-order valence-electron chi connectivity index (χ3n) is 4.45. The molecule has 0 aromatic carbocycles. The zero-order chi connectivity index (χ0) is 13.8. The summed E-state index contributed by atoms with van der Waals surface area (Å²) in [7, 11) is 1.78. The standard InChI is InChI=1S/C16H33NO/c1-15(2,3)14-9-7-13(8-10-14)11-17-16(4,5)12-18-6/h13-14,17H,7-12H2,1-6H3. The highest BCUT2D eigenvalue weighted by Gasteiger charge is 2.30. The van der Waals surface area contributed by atoms with E-state index in [-0.39, 0.29) is 5.54 Å². The predicted octanol–water partition coefficient (Wildman–Crippen LogP) is 3.85. The van der Waals surface area contributed by atoms with Gasteiger partial charge in [0.1, 0.15) is 0 Å². The Bertz CT molecular complexity index is 234. The SMILES string of the molecule is COCC(C)(C)NCC1CCC(C(C)(C)C)CC1. The molecule has 2 heteroatoms. The van der Waals surface area contributed by atoms with Crippen LogP contribution >= 0.6 is 0 Å². The fourth-order valence-electron chi connectivity index (χ4n) is 3.07. The van der Waals surface area contributed by atoms with Gasteiger partial charge in [-0.25, -0.2) is 0 Å². The molecule has 1 rings (SSSR count). The number of rotatable bonds is 5. The monoisotopic (exact) mass is 255 g/mol. The molecule has 0 unspecified atom stereocenters. The van der Waals surface area contributed by atoms with E-state index in [1.165, 1.54) is 25.7 Å². The number of nitrogens with one attached hydrogen (secondary N) is 1. The summed E-state index contributed by atoms with van der Waals surface area (Å²) >= 11 is 0. The maximum atomic E-state index is 5.25. The highest BCUT2D eigenvalue weighted by atomic mass is 16.5. The molecule has 0 heterocycles. The van der Waals surface area contributed by atoms with Crippen LogP contribution < -0.4 is 5.32 Å². The van der Waals surface area contributed by atoms with Gasteiger partial charge < -0.3 is 10.1 Å². The molecule has 0 saturated heterocycles. The minimum absolute atomic E-state index is 0.107. The van der Waals surface area contributed by atoms with Gasteiger partial charge in [0, 0.05) is 12.6 Å². The molecule has 0 atom stereocenters. The molecule has 1 fully saturated rings. The molecule has 0 aliphatic heterocycles. The molecule has 18 heavy (non-hydrogen) atoms. The van der Waals surface area contributed by atoms with E-state index in [0.717, 1.165) is 25.0 Å². The maximum absolute atomic E-state index is 5.25. The highest BCUT2D eigenvalue weighted by molar-refractivity contribution is 4.84. The van der Waals surface area contributed by atoms with E-state index in [1.807, 2.05) is 0 Å². The van der Waals surface area contributed by atoms with Crippen LogP contribution in [0.15, 0.2) is 0 Å². The Labute approximate surface area is 114 Å². The van der Waals surface area contributed by atoms with Crippen LogP contribution in [-0.2, 0) is 4.74 Å². The van der Waals surface area contributed by atoms with Gasteiger partial charge in [-0.05, 0) is 63.3 Å². The second kappa shape index (κ2) is 6.38. The first kappa shape index (κ1) is 16.0. The smallest absolute Gasteiger partial charge is 0.0639 e. The van der Waals surface area contributed by atoms with Gasteiger partial charge in [0.15, 0.2) is 0 Å². The molecule has 108 valence electrons. The number of hydrogen-bond donors (Lipinski definition) is 1. The Morgan fingerprint density at radius 2 is 1.56 bits per heavy atom. The van der Waals surface area contributed by atoms with Crippen molar-refractivity contribution in [2.24, 2.45) is 17.3 Å². The van der Waals surface area contributed by atoms with Crippen molar-refractivity contribution < 1.29 is 4.74 Å². The predicted molar refractivity (Wildman–Crippen MR) is 78.9 cm³/mol. The molecule has 0 aromatic heterocycles. The summed E-state index contributed by atoms with van der Waals surface area (Å²) < 4.78 is 5.25. The minimum Gasteiger partial charge on any atom is -0.383 e. The van der Waals surface area contributed by atoms with Crippen LogP contribution in [0.2, 0.25) is 0 Å². The lowest BCUT2D eigenvalue weighted by Gasteiger charge is -2.38. The van der Waals surface area contributed by atoms with Crippen LogP contribution in [0.25, 0.3) is 0 Å². The van der Waals surface area contributed by atoms with E-state index < -0.39 is 0 Å². The topological polar surface area (TPSA) is 21.3 Å². The van der Waals surface area contributed by atoms with Crippen molar-refractivity contribution in [3.63, 3.8) is 0 Å². The Balaban J connectivity index is 2.28. The molecule has 1 aliphatic carbocycles. The van der Waals surface area contributed by atoms with Crippen LogP contribution in [-0.4, -0.2) is 25.8 Å². The van der Waals surface area contributed by atoms with Gasteiger partial charge >= 0.3 is 0 Å². The lowest BCUT2D eigenvalue weighted by atomic mass is 9.70. The molecule has 0 bridgehead atoms. The lowest BCUT2D eigenvalue weighted by molar-refractivity contribution is 0.113. The van der Waals surface area contributed by atoms with Gasteiger partial charge in [-0.3, -0.25) is 0 Å². The van der Waals surface area contributed by atoms with E-state index in [0.29, 0.717) is 5.41 Å². The summed E-state index contributed by atoms with van der Waals surface area (Å²) in [5.41, 5.74) is 0.601. The van der Waals surface area contributed by atoms with Gasteiger partial charge in [0.25, 0.3) is 0 Å². The molecular formula is C16H33NO. The zero-order valence-corrected chi connectivity index (χ0v) is 13.3. The second-order valence-electron chi connectivity index (χ2n) is 7.78. The normalized spacial score (nSPS) is 26.3. The second-order valence-corrected chi connectivity index (χ2v) is 7.78. The Morgan fingerprint density at radius 3 is 2.00 bits per heavy atom. The van der Waals surface area contributed by atoms with E-state index in [9.17, 15) is 0 Å². The van der Waals surface area contributed by atoms with Crippen molar-refractivity contribution in [3.05, 3.63) is 0 Å². The molecule has 1 saturated carbocycles. The molecule has 0 spiro atoms. The Hall–Kier alpha value is -0.0800. The van der Waals surface area contributed by atoms with Gasteiger partial charge in [-0.1, -0.05) is 20.8 Å². The van der Waals surface area contributed by atoms with Crippen molar-refractivity contribution in [2.45, 2.75) is 65.8 Å². The molecular weight excluding hydrogens is 222 g/mol. The Morgan fingerprint density at radius 1 is 1.00 bits per heavy atom. The van der Waals surface area contributed by atoms with Gasteiger partial charge in [0.2, 0.25) is 0 Å². The first-order chi connectivity index (χ1) is 8.24. The maximum Gasteiger partial charge on any atom is 0.0639 e. The number of ether oxygens (including phenoxy) is 1. The van der Waals surface area contributed by atoms with Gasteiger partial charge in [0.05, 0.1) is 6.61 Å². The first-order valence-electron chi connectivity index (χ1n) is 7.48. The molecule has 0 radical (unpaired) electrons. The van der Waals surface area contributed by atoms with Crippen LogP contribution in [0.1, 0.15) is 60.3 Å². The molecule has 0 aromatic rings. The quantitative estimate of drug-likeness (QED) is 0.805. The van der Waals surface area contributed by atoms with Crippen LogP contribution in [0.3, 0.4) is 0 Å². The van der Waals surface area contributed by atoms with Crippen molar-refractivity contribution >= 4 is 0 Å². The number of hydrogen-bond acceptors (Lipinski definition) is 2. The summed E-state index contributed by atoms with van der Waals surface area (Å²) in [4.78, 5) is 0. The van der Waals surface area contributed by atoms with E-state index in [1.54, 1.807) is 7.11 Å². The highest BCUT2D eigenvalue weighted by Crippen LogP contribution is 2.39. The molecule has 0 amide bonds. The third kappa shape index (κ3) is 5.27. The van der Waals surface area contributed by atoms with Gasteiger partial charge in [-0.15, -0.1) is 0 Å². The van der Waals surface area contributed by atoms with E-state index >= 15 is 0 Å². The fourth-order valence-corrected chi connectivity index (χ4v) is 3.07. The van der Waals surface area contributed by atoms with Crippen LogP contribution in [0.4, 0.5) is 0 Å². The summed E-state index contributed by atoms with van der Waals surface area (Å²) in [6, 6.07) is 0. The summed E-state index contributed by atoms with van der Waals surface area (Å²) in [5, 5.41) is 3.66. The van der Waals surface area contributed by atoms with Crippen molar-refractivity contribution in [3.8, 4) is 0 Å². The van der Waals surface area contributed by atoms with E-state index in [2.05, 4.69) is 39.9 Å². The van der Waals surface area contributed by atoms with Gasteiger partial charge in [-0.2, -0.15) is 0 Å². The summed E-state index contributed by atoms with van der Waals surface area (Å²) in [6.45, 7) is 13.5. The van der Waals surface area contributed by atoms with E-state index in [4.69, 9.17) is 4.74 Å². The molecule has 2 nitrogen and oxygen atoms in total. The lowest BCUT2D eigenvalue weighted by Crippen LogP contribution is -2.46. The number of methoxy groups -OCH3 is 1. The van der Waals surface area contributed by atoms with Crippen molar-refractivity contribution in [1.82, 2.24) is 5.32 Å². The Kier molecular flexibility index (Phi) is 5.67. The van der Waals surface area contributed by atoms with Crippen molar-refractivity contribution in [1.29, 1.82) is 0 Å². The first-order valence-corrected chi connectivity index (χ1v) is 7.48. The van der Waals surface area contributed by atoms with Crippen LogP contribution in [0, 0.1) is 17.3 Å². The third-order valence-corrected chi connectivity index (χ3v) is 4.45. The average molecular weight is 255 g/mol. The fraction of sp³-hybridized carbons (Fsp3) is 1.00. The summed E-state index contributed by atoms with van der Waals surface area (Å²) in [5.74, 6) is 1.78. The van der Waals surface area contributed by atoms with Crippen molar-refractivity contribution in [2.75, 3.05) is 20.3 Å². The molecule has 1 N–H and O–H groups in total. The van der Waals surface area contributed by atoms with Crippen LogP contribution in [0.5, 0.6) is 0 Å². The minimum atomic E-state index is 0.107. The summed E-state index contributed by atoms with van der Waals surface area (Å²) in [6.07, 6.45) is 5.58. The molecule has 1 aliphatic rings. The largest absolute Gasteiger partial charge is 0.383 e.